The standard InChI is InChI=1S/C13H26N2O2S/c1-12(2)10-5-6-13(3,9-10)11(12)15-7-8-18(16,17)14-4/h10-11,14-15H,5-9H2,1-4H3. The average Bonchev–Trinajstić information content (AvgIpc) is 2.74. The minimum Gasteiger partial charge on any atom is -0.312 e. The molecule has 18 heavy (non-hydrogen) atoms. The maximum Gasteiger partial charge on any atom is 0.212 e. The van der Waals surface area contributed by atoms with Gasteiger partial charge in [0.15, 0.2) is 0 Å². The first-order chi connectivity index (χ1) is 8.21. The summed E-state index contributed by atoms with van der Waals surface area (Å²) in [6.45, 7) is 7.55. The zero-order valence-corrected chi connectivity index (χ0v) is 12.7. The fourth-order valence-corrected chi connectivity index (χ4v) is 4.84. The molecular formula is C13H26N2O2S. The van der Waals surface area contributed by atoms with E-state index in [2.05, 4.69) is 30.8 Å². The van der Waals surface area contributed by atoms with Crippen LogP contribution in [-0.2, 0) is 10.0 Å². The summed E-state index contributed by atoms with van der Waals surface area (Å²) in [5.41, 5.74) is 0.647. The van der Waals surface area contributed by atoms with Crippen molar-refractivity contribution in [3.63, 3.8) is 0 Å². The predicted octanol–water partition coefficient (Wildman–Crippen LogP) is 1.34. The normalized spacial score (nSPS) is 38.2. The molecule has 2 fully saturated rings. The molecule has 0 aromatic heterocycles. The van der Waals surface area contributed by atoms with Gasteiger partial charge in [-0.05, 0) is 43.1 Å². The second kappa shape index (κ2) is 4.46. The van der Waals surface area contributed by atoms with Gasteiger partial charge in [0, 0.05) is 12.6 Å². The van der Waals surface area contributed by atoms with Gasteiger partial charge in [0.05, 0.1) is 5.75 Å². The molecule has 3 unspecified atom stereocenters. The maximum absolute atomic E-state index is 11.4. The largest absolute Gasteiger partial charge is 0.312 e. The topological polar surface area (TPSA) is 58.2 Å². The lowest BCUT2D eigenvalue weighted by atomic mass is 9.68. The highest BCUT2D eigenvalue weighted by Crippen LogP contribution is 2.62. The van der Waals surface area contributed by atoms with Crippen LogP contribution >= 0.6 is 0 Å². The molecule has 0 radical (unpaired) electrons. The second-order valence-corrected chi connectivity index (χ2v) is 8.87. The van der Waals surface area contributed by atoms with Crippen molar-refractivity contribution in [2.45, 2.75) is 46.1 Å². The smallest absolute Gasteiger partial charge is 0.212 e. The lowest BCUT2D eigenvalue weighted by Crippen LogP contribution is -2.51. The quantitative estimate of drug-likeness (QED) is 0.795. The molecular weight excluding hydrogens is 248 g/mol. The first kappa shape index (κ1) is 14.3. The minimum absolute atomic E-state index is 0.164. The summed E-state index contributed by atoms with van der Waals surface area (Å²) in [5.74, 6) is 0.956. The monoisotopic (exact) mass is 274 g/mol. The van der Waals surface area contributed by atoms with Crippen molar-refractivity contribution in [2.75, 3.05) is 19.3 Å². The number of hydrogen-bond donors (Lipinski definition) is 2. The van der Waals surface area contributed by atoms with E-state index in [-0.39, 0.29) is 11.2 Å². The zero-order valence-electron chi connectivity index (χ0n) is 11.9. The van der Waals surface area contributed by atoms with E-state index in [1.165, 1.54) is 26.3 Å². The van der Waals surface area contributed by atoms with Gasteiger partial charge < -0.3 is 5.32 Å². The Morgan fingerprint density at radius 3 is 2.44 bits per heavy atom. The molecule has 2 N–H and O–H groups in total. The third-order valence-electron chi connectivity index (χ3n) is 5.30. The summed E-state index contributed by atoms with van der Waals surface area (Å²) >= 11 is 0. The van der Waals surface area contributed by atoms with Crippen molar-refractivity contribution in [1.82, 2.24) is 10.0 Å². The van der Waals surface area contributed by atoms with Crippen LogP contribution in [0.25, 0.3) is 0 Å². The summed E-state index contributed by atoms with van der Waals surface area (Å²) < 4.78 is 25.2. The van der Waals surface area contributed by atoms with Gasteiger partial charge in [-0.1, -0.05) is 20.8 Å². The van der Waals surface area contributed by atoms with E-state index in [4.69, 9.17) is 0 Å². The van der Waals surface area contributed by atoms with E-state index in [9.17, 15) is 8.42 Å². The molecule has 0 aliphatic heterocycles. The number of rotatable bonds is 5. The Morgan fingerprint density at radius 1 is 1.28 bits per heavy atom. The van der Waals surface area contributed by atoms with Crippen molar-refractivity contribution in [3.05, 3.63) is 0 Å². The van der Waals surface area contributed by atoms with E-state index >= 15 is 0 Å². The van der Waals surface area contributed by atoms with Gasteiger partial charge >= 0.3 is 0 Å². The number of fused-ring (bicyclic) bond motifs is 2. The minimum atomic E-state index is -3.09. The molecule has 2 aliphatic carbocycles. The van der Waals surface area contributed by atoms with E-state index in [0.29, 0.717) is 18.0 Å². The SMILES string of the molecule is CNS(=O)(=O)CCNC1C2(C)CCC(C2)C1(C)C. The second-order valence-electron chi connectivity index (χ2n) is 6.83. The van der Waals surface area contributed by atoms with Gasteiger partial charge in [-0.3, -0.25) is 0 Å². The molecule has 0 aromatic rings. The van der Waals surface area contributed by atoms with E-state index < -0.39 is 10.0 Å². The summed E-state index contributed by atoms with van der Waals surface area (Å²) in [6, 6.07) is 0.441. The van der Waals surface area contributed by atoms with Crippen LogP contribution in [-0.4, -0.2) is 33.8 Å². The summed E-state index contributed by atoms with van der Waals surface area (Å²) in [6.07, 6.45) is 3.89. The van der Waals surface area contributed by atoms with Crippen LogP contribution in [0.3, 0.4) is 0 Å². The molecule has 0 amide bonds. The van der Waals surface area contributed by atoms with Crippen LogP contribution in [0.5, 0.6) is 0 Å². The van der Waals surface area contributed by atoms with Crippen molar-refractivity contribution < 1.29 is 8.42 Å². The fourth-order valence-electron chi connectivity index (χ4n) is 4.25. The molecule has 2 rings (SSSR count). The van der Waals surface area contributed by atoms with E-state index in [1.807, 2.05) is 0 Å². The van der Waals surface area contributed by atoms with Crippen molar-refractivity contribution in [2.24, 2.45) is 16.7 Å². The molecule has 4 nitrogen and oxygen atoms in total. The maximum atomic E-state index is 11.4. The highest BCUT2D eigenvalue weighted by molar-refractivity contribution is 7.89. The molecule has 3 atom stereocenters. The lowest BCUT2D eigenvalue weighted by Gasteiger charge is -2.43. The number of nitrogens with one attached hydrogen (secondary N) is 2. The van der Waals surface area contributed by atoms with Crippen LogP contribution in [0.2, 0.25) is 0 Å². The van der Waals surface area contributed by atoms with Crippen LogP contribution < -0.4 is 10.0 Å². The van der Waals surface area contributed by atoms with Crippen LogP contribution in [0.4, 0.5) is 0 Å². The molecule has 106 valence electrons. The summed E-state index contributed by atoms with van der Waals surface area (Å²) in [4.78, 5) is 0. The van der Waals surface area contributed by atoms with Gasteiger partial charge in [-0.25, -0.2) is 13.1 Å². The highest BCUT2D eigenvalue weighted by Gasteiger charge is 2.58. The van der Waals surface area contributed by atoms with Crippen LogP contribution in [0.1, 0.15) is 40.0 Å². The third-order valence-corrected chi connectivity index (χ3v) is 6.66. The Kier molecular flexibility index (Phi) is 3.54. The molecule has 0 aromatic carbocycles. The van der Waals surface area contributed by atoms with Crippen LogP contribution in [0.15, 0.2) is 0 Å². The van der Waals surface area contributed by atoms with Gasteiger partial charge in [-0.2, -0.15) is 0 Å². The molecule has 2 bridgehead atoms. The Balaban J connectivity index is 1.97. The Morgan fingerprint density at radius 2 is 1.94 bits per heavy atom. The zero-order chi connectivity index (χ0) is 13.6. The first-order valence-corrected chi connectivity index (χ1v) is 8.51. The molecule has 0 heterocycles. The van der Waals surface area contributed by atoms with E-state index in [0.717, 1.165) is 5.92 Å². The van der Waals surface area contributed by atoms with Gasteiger partial charge in [0.1, 0.15) is 0 Å². The Hall–Kier alpha value is -0.130. The molecule has 2 aliphatic rings. The highest BCUT2D eigenvalue weighted by atomic mass is 32.2. The summed E-state index contributed by atoms with van der Waals surface area (Å²) in [7, 11) is -1.62. The molecule has 0 saturated heterocycles. The van der Waals surface area contributed by atoms with Crippen molar-refractivity contribution in [1.29, 1.82) is 0 Å². The Labute approximate surface area is 111 Å². The van der Waals surface area contributed by atoms with Crippen LogP contribution in [0, 0.1) is 16.7 Å². The molecule has 2 saturated carbocycles. The average molecular weight is 274 g/mol. The lowest BCUT2D eigenvalue weighted by molar-refractivity contribution is 0.111. The van der Waals surface area contributed by atoms with Gasteiger partial charge in [0.2, 0.25) is 10.0 Å². The van der Waals surface area contributed by atoms with Gasteiger partial charge in [0.25, 0.3) is 0 Å². The fraction of sp³-hybridized carbons (Fsp3) is 1.00. The van der Waals surface area contributed by atoms with Gasteiger partial charge in [-0.15, -0.1) is 0 Å². The summed E-state index contributed by atoms with van der Waals surface area (Å²) in [5, 5.41) is 3.52. The van der Waals surface area contributed by atoms with E-state index in [1.54, 1.807) is 0 Å². The first-order valence-electron chi connectivity index (χ1n) is 6.86. The Bertz CT molecular complexity index is 414. The molecule has 0 spiro atoms. The third kappa shape index (κ3) is 2.32. The van der Waals surface area contributed by atoms with Crippen molar-refractivity contribution in [3.8, 4) is 0 Å². The number of sulfonamides is 1. The predicted molar refractivity (Wildman–Crippen MR) is 73.9 cm³/mol. The molecule has 5 heteroatoms. The van der Waals surface area contributed by atoms with Crippen molar-refractivity contribution >= 4 is 10.0 Å². The number of hydrogen-bond acceptors (Lipinski definition) is 3.